The number of amides is 1. The molecule has 0 atom stereocenters. The Balaban J connectivity index is 1.69. The summed E-state index contributed by atoms with van der Waals surface area (Å²) >= 11 is 0. The van der Waals surface area contributed by atoms with E-state index in [1.54, 1.807) is 18.9 Å². The van der Waals surface area contributed by atoms with Crippen molar-refractivity contribution in [1.82, 2.24) is 15.1 Å². The van der Waals surface area contributed by atoms with Crippen LogP contribution in [0.15, 0.2) is 54.6 Å². The Bertz CT molecular complexity index is 988. The molecule has 6 nitrogen and oxygen atoms in total. The molecule has 1 N–H and O–H groups in total. The number of carbonyl (C=O) groups excluding carboxylic acids is 1. The topological polar surface area (TPSA) is 65.4 Å². The molecule has 1 aliphatic carbocycles. The fourth-order valence-electron chi connectivity index (χ4n) is 3.87. The number of nitrogens with zero attached hydrogens (tertiary/aromatic N) is 2. The van der Waals surface area contributed by atoms with Crippen LogP contribution in [0.3, 0.4) is 0 Å². The average Bonchev–Trinajstić information content (AvgIpc) is 3.25. The predicted molar refractivity (Wildman–Crippen MR) is 116 cm³/mol. The molecule has 1 aliphatic rings. The monoisotopic (exact) mass is 405 g/mol. The standard InChI is InChI=1S/C24H27N3O3/c1-29-20-12-8-17(9-13-20)22-16-23(24(28)25-18-6-4-3-5-7-18)27(26-22)19-10-14-21(30-2)15-11-19/h8-16,18H,3-7H2,1-2H3,(H,25,28). The summed E-state index contributed by atoms with van der Waals surface area (Å²) in [5.41, 5.74) is 3.00. The summed E-state index contributed by atoms with van der Waals surface area (Å²) in [5.74, 6) is 1.45. The van der Waals surface area contributed by atoms with Crippen LogP contribution in [0, 0.1) is 0 Å². The molecule has 0 spiro atoms. The number of aromatic nitrogens is 2. The zero-order chi connectivity index (χ0) is 20.9. The van der Waals surface area contributed by atoms with E-state index in [0.717, 1.165) is 41.3 Å². The number of hydrogen-bond donors (Lipinski definition) is 1. The Morgan fingerprint density at radius 1 is 0.933 bits per heavy atom. The minimum atomic E-state index is -0.0926. The summed E-state index contributed by atoms with van der Waals surface area (Å²) < 4.78 is 12.2. The first kappa shape index (κ1) is 20.0. The van der Waals surface area contributed by atoms with Crippen LogP contribution in [0.2, 0.25) is 0 Å². The summed E-state index contributed by atoms with van der Waals surface area (Å²) in [5, 5.41) is 7.96. The van der Waals surface area contributed by atoms with Crippen LogP contribution in [0.25, 0.3) is 16.9 Å². The van der Waals surface area contributed by atoms with E-state index in [2.05, 4.69) is 5.32 Å². The molecule has 4 rings (SSSR count). The van der Waals surface area contributed by atoms with Crippen LogP contribution in [0.5, 0.6) is 11.5 Å². The smallest absolute Gasteiger partial charge is 0.270 e. The molecule has 1 amide bonds. The third-order valence-electron chi connectivity index (χ3n) is 5.59. The van der Waals surface area contributed by atoms with Gasteiger partial charge in [-0.25, -0.2) is 4.68 Å². The Morgan fingerprint density at radius 2 is 1.53 bits per heavy atom. The number of methoxy groups -OCH3 is 2. The van der Waals surface area contributed by atoms with Gasteiger partial charge in [-0.2, -0.15) is 5.10 Å². The van der Waals surface area contributed by atoms with Crippen LogP contribution < -0.4 is 14.8 Å². The van der Waals surface area contributed by atoms with Gasteiger partial charge in [-0.1, -0.05) is 19.3 Å². The molecular weight excluding hydrogens is 378 g/mol. The quantitative estimate of drug-likeness (QED) is 0.650. The molecule has 0 unspecified atom stereocenters. The maximum Gasteiger partial charge on any atom is 0.270 e. The van der Waals surface area contributed by atoms with E-state index in [1.807, 2.05) is 54.6 Å². The molecule has 0 saturated heterocycles. The van der Waals surface area contributed by atoms with E-state index in [1.165, 1.54) is 19.3 Å². The highest BCUT2D eigenvalue weighted by Gasteiger charge is 2.22. The molecule has 6 heteroatoms. The number of nitrogens with one attached hydrogen (secondary N) is 1. The zero-order valence-electron chi connectivity index (χ0n) is 17.4. The van der Waals surface area contributed by atoms with Gasteiger partial charge in [0.2, 0.25) is 0 Å². The summed E-state index contributed by atoms with van der Waals surface area (Å²) in [4.78, 5) is 13.2. The molecule has 3 aromatic rings. The summed E-state index contributed by atoms with van der Waals surface area (Å²) in [6.07, 6.45) is 5.65. The van der Waals surface area contributed by atoms with Crippen molar-refractivity contribution in [2.45, 2.75) is 38.1 Å². The molecule has 156 valence electrons. The van der Waals surface area contributed by atoms with Crippen molar-refractivity contribution >= 4 is 5.91 Å². The van der Waals surface area contributed by atoms with Gasteiger partial charge in [0.25, 0.3) is 5.91 Å². The van der Waals surface area contributed by atoms with Crippen molar-refractivity contribution < 1.29 is 14.3 Å². The number of ether oxygens (including phenoxy) is 2. The molecular formula is C24H27N3O3. The molecule has 1 heterocycles. The van der Waals surface area contributed by atoms with Crippen LogP contribution in [0.1, 0.15) is 42.6 Å². The van der Waals surface area contributed by atoms with Gasteiger partial charge in [-0.3, -0.25) is 4.79 Å². The minimum Gasteiger partial charge on any atom is -0.497 e. The van der Waals surface area contributed by atoms with E-state index in [4.69, 9.17) is 14.6 Å². The Hall–Kier alpha value is -3.28. The van der Waals surface area contributed by atoms with Crippen molar-refractivity contribution in [3.63, 3.8) is 0 Å². The van der Waals surface area contributed by atoms with E-state index in [0.29, 0.717) is 5.69 Å². The first-order valence-electron chi connectivity index (χ1n) is 10.4. The first-order chi connectivity index (χ1) is 14.7. The second-order valence-corrected chi connectivity index (χ2v) is 7.56. The third kappa shape index (κ3) is 4.32. The van der Waals surface area contributed by atoms with Crippen molar-refractivity contribution in [2.24, 2.45) is 0 Å². The van der Waals surface area contributed by atoms with Crippen molar-refractivity contribution in [3.05, 3.63) is 60.3 Å². The summed E-state index contributed by atoms with van der Waals surface area (Å²) in [7, 11) is 3.27. The fourth-order valence-corrected chi connectivity index (χ4v) is 3.87. The van der Waals surface area contributed by atoms with Gasteiger partial charge in [0.1, 0.15) is 17.2 Å². The fraction of sp³-hybridized carbons (Fsp3) is 0.333. The molecule has 0 radical (unpaired) electrons. The Morgan fingerprint density at radius 3 is 2.13 bits per heavy atom. The van der Waals surface area contributed by atoms with Gasteiger partial charge in [-0.05, 0) is 67.4 Å². The summed E-state index contributed by atoms with van der Waals surface area (Å²) in [6.45, 7) is 0. The first-order valence-corrected chi connectivity index (χ1v) is 10.4. The summed E-state index contributed by atoms with van der Waals surface area (Å²) in [6, 6.07) is 17.3. The van der Waals surface area contributed by atoms with Crippen LogP contribution in [-0.2, 0) is 0 Å². The van der Waals surface area contributed by atoms with Gasteiger partial charge in [0, 0.05) is 11.6 Å². The Kier molecular flexibility index (Phi) is 6.02. The third-order valence-corrected chi connectivity index (χ3v) is 5.59. The SMILES string of the molecule is COc1ccc(-c2cc(C(=O)NC3CCCCC3)n(-c3ccc(OC)cc3)n2)cc1. The van der Waals surface area contributed by atoms with Gasteiger partial charge in [0.05, 0.1) is 25.6 Å². The lowest BCUT2D eigenvalue weighted by Gasteiger charge is -2.22. The lowest BCUT2D eigenvalue weighted by molar-refractivity contribution is 0.0920. The van der Waals surface area contributed by atoms with Crippen LogP contribution in [-0.4, -0.2) is 35.9 Å². The van der Waals surface area contributed by atoms with E-state index in [-0.39, 0.29) is 11.9 Å². The van der Waals surface area contributed by atoms with Crippen molar-refractivity contribution in [2.75, 3.05) is 14.2 Å². The van der Waals surface area contributed by atoms with Gasteiger partial charge >= 0.3 is 0 Å². The molecule has 30 heavy (non-hydrogen) atoms. The highest BCUT2D eigenvalue weighted by molar-refractivity contribution is 5.94. The molecule has 1 fully saturated rings. The molecule has 1 aromatic heterocycles. The Labute approximate surface area is 176 Å². The van der Waals surface area contributed by atoms with E-state index < -0.39 is 0 Å². The molecule has 0 bridgehead atoms. The highest BCUT2D eigenvalue weighted by Crippen LogP contribution is 2.25. The number of benzene rings is 2. The van der Waals surface area contributed by atoms with Crippen LogP contribution >= 0.6 is 0 Å². The zero-order valence-corrected chi connectivity index (χ0v) is 17.4. The average molecular weight is 405 g/mol. The minimum absolute atomic E-state index is 0.0926. The molecule has 1 saturated carbocycles. The number of hydrogen-bond acceptors (Lipinski definition) is 4. The number of carbonyl (C=O) groups is 1. The van der Waals surface area contributed by atoms with Crippen LogP contribution in [0.4, 0.5) is 0 Å². The van der Waals surface area contributed by atoms with Crippen molar-refractivity contribution in [3.8, 4) is 28.4 Å². The molecule has 2 aromatic carbocycles. The predicted octanol–water partition coefficient (Wildman–Crippen LogP) is 4.62. The lowest BCUT2D eigenvalue weighted by Crippen LogP contribution is -2.37. The second kappa shape index (κ2) is 9.03. The lowest BCUT2D eigenvalue weighted by atomic mass is 9.95. The maximum absolute atomic E-state index is 13.2. The molecule has 0 aliphatic heterocycles. The number of rotatable bonds is 6. The van der Waals surface area contributed by atoms with E-state index >= 15 is 0 Å². The van der Waals surface area contributed by atoms with Crippen molar-refractivity contribution in [1.29, 1.82) is 0 Å². The largest absolute Gasteiger partial charge is 0.497 e. The maximum atomic E-state index is 13.2. The van der Waals surface area contributed by atoms with Gasteiger partial charge in [0.15, 0.2) is 0 Å². The van der Waals surface area contributed by atoms with E-state index in [9.17, 15) is 4.79 Å². The second-order valence-electron chi connectivity index (χ2n) is 7.56. The highest BCUT2D eigenvalue weighted by atomic mass is 16.5. The van der Waals surface area contributed by atoms with Gasteiger partial charge < -0.3 is 14.8 Å². The van der Waals surface area contributed by atoms with Gasteiger partial charge in [-0.15, -0.1) is 0 Å². The normalized spacial score (nSPS) is 14.3.